The number of fused-ring (bicyclic) bond motifs is 1. The number of ether oxygens (including phenoxy) is 1. The average molecular weight is 261 g/mol. The summed E-state index contributed by atoms with van der Waals surface area (Å²) in [5.74, 6) is 0.808. The Morgan fingerprint density at radius 3 is 2.83 bits per heavy atom. The van der Waals surface area contributed by atoms with Crippen molar-refractivity contribution in [3.05, 3.63) is 29.8 Å². The SMILES string of the molecule is OC(CNCC1COc2ccccc21)C(F)(F)F. The van der Waals surface area contributed by atoms with Crippen molar-refractivity contribution in [1.82, 2.24) is 5.32 Å². The van der Waals surface area contributed by atoms with Gasteiger partial charge in [0, 0.05) is 24.6 Å². The molecule has 2 atom stereocenters. The van der Waals surface area contributed by atoms with Crippen molar-refractivity contribution in [2.45, 2.75) is 18.2 Å². The molecule has 1 aliphatic heterocycles. The second kappa shape index (κ2) is 5.16. The molecule has 1 aliphatic rings. The lowest BCUT2D eigenvalue weighted by atomic mass is 10.0. The maximum absolute atomic E-state index is 12.1. The van der Waals surface area contributed by atoms with E-state index in [0.29, 0.717) is 13.2 Å². The van der Waals surface area contributed by atoms with Crippen molar-refractivity contribution in [3.63, 3.8) is 0 Å². The van der Waals surface area contributed by atoms with Gasteiger partial charge in [-0.2, -0.15) is 13.2 Å². The molecule has 2 N–H and O–H groups in total. The van der Waals surface area contributed by atoms with Crippen LogP contribution < -0.4 is 10.1 Å². The maximum atomic E-state index is 12.1. The van der Waals surface area contributed by atoms with Gasteiger partial charge in [0.15, 0.2) is 6.10 Å². The normalized spacial score (nSPS) is 20.3. The van der Waals surface area contributed by atoms with Crippen LogP contribution in [0.1, 0.15) is 11.5 Å². The van der Waals surface area contributed by atoms with Crippen molar-refractivity contribution < 1.29 is 23.0 Å². The van der Waals surface area contributed by atoms with Gasteiger partial charge in [0.2, 0.25) is 0 Å². The summed E-state index contributed by atoms with van der Waals surface area (Å²) in [6.45, 7) is 0.306. The summed E-state index contributed by atoms with van der Waals surface area (Å²) < 4.78 is 41.6. The number of rotatable bonds is 4. The van der Waals surface area contributed by atoms with Crippen LogP contribution in [-0.2, 0) is 0 Å². The van der Waals surface area contributed by atoms with Crippen molar-refractivity contribution in [2.24, 2.45) is 0 Å². The first-order valence-corrected chi connectivity index (χ1v) is 5.65. The van der Waals surface area contributed by atoms with Crippen LogP contribution in [0, 0.1) is 0 Å². The quantitative estimate of drug-likeness (QED) is 0.866. The zero-order chi connectivity index (χ0) is 13.2. The molecule has 1 aromatic rings. The van der Waals surface area contributed by atoms with E-state index in [9.17, 15) is 13.2 Å². The highest BCUT2D eigenvalue weighted by atomic mass is 19.4. The van der Waals surface area contributed by atoms with E-state index in [1.807, 2.05) is 24.3 Å². The van der Waals surface area contributed by atoms with Gasteiger partial charge in [-0.15, -0.1) is 0 Å². The molecule has 0 spiro atoms. The number of hydrogen-bond acceptors (Lipinski definition) is 3. The third-order valence-electron chi connectivity index (χ3n) is 2.91. The van der Waals surface area contributed by atoms with E-state index in [-0.39, 0.29) is 5.92 Å². The van der Waals surface area contributed by atoms with Crippen LogP contribution in [0.4, 0.5) is 13.2 Å². The first-order chi connectivity index (χ1) is 8.48. The van der Waals surface area contributed by atoms with Gasteiger partial charge in [0.05, 0.1) is 6.61 Å². The number of aliphatic hydroxyl groups is 1. The van der Waals surface area contributed by atoms with E-state index in [1.165, 1.54) is 0 Å². The van der Waals surface area contributed by atoms with Gasteiger partial charge in [-0.05, 0) is 6.07 Å². The van der Waals surface area contributed by atoms with Crippen LogP contribution in [0.5, 0.6) is 5.75 Å². The summed E-state index contributed by atoms with van der Waals surface area (Å²) in [4.78, 5) is 0. The first kappa shape index (κ1) is 13.2. The number of alkyl halides is 3. The zero-order valence-corrected chi connectivity index (χ0v) is 9.57. The molecular formula is C12H14F3NO2. The molecule has 6 heteroatoms. The molecule has 0 saturated heterocycles. The van der Waals surface area contributed by atoms with Gasteiger partial charge >= 0.3 is 6.18 Å². The van der Waals surface area contributed by atoms with Crippen molar-refractivity contribution in [1.29, 1.82) is 0 Å². The highest BCUT2D eigenvalue weighted by molar-refractivity contribution is 5.39. The summed E-state index contributed by atoms with van der Waals surface area (Å²) in [6.07, 6.45) is -6.90. The number of nitrogens with one attached hydrogen (secondary N) is 1. The number of benzene rings is 1. The summed E-state index contributed by atoms with van der Waals surface area (Å²) >= 11 is 0. The summed E-state index contributed by atoms with van der Waals surface area (Å²) in [6, 6.07) is 7.45. The molecular weight excluding hydrogens is 247 g/mol. The predicted molar refractivity (Wildman–Crippen MR) is 59.6 cm³/mol. The third kappa shape index (κ3) is 2.94. The fraction of sp³-hybridized carbons (Fsp3) is 0.500. The van der Waals surface area contributed by atoms with Crippen molar-refractivity contribution in [3.8, 4) is 5.75 Å². The maximum Gasteiger partial charge on any atom is 0.415 e. The molecule has 0 amide bonds. The smallest absolute Gasteiger partial charge is 0.415 e. The molecule has 3 nitrogen and oxygen atoms in total. The minimum Gasteiger partial charge on any atom is -0.493 e. The Balaban J connectivity index is 1.83. The Kier molecular flexibility index (Phi) is 3.77. The van der Waals surface area contributed by atoms with E-state index in [2.05, 4.69) is 5.32 Å². The van der Waals surface area contributed by atoms with E-state index in [0.717, 1.165) is 11.3 Å². The Morgan fingerprint density at radius 2 is 2.11 bits per heavy atom. The molecule has 0 bridgehead atoms. The van der Waals surface area contributed by atoms with Crippen LogP contribution >= 0.6 is 0 Å². The second-order valence-corrected chi connectivity index (χ2v) is 4.26. The van der Waals surface area contributed by atoms with Crippen LogP contribution in [0.15, 0.2) is 24.3 Å². The van der Waals surface area contributed by atoms with Crippen LogP contribution in [0.25, 0.3) is 0 Å². The minimum absolute atomic E-state index is 0.0293. The first-order valence-electron chi connectivity index (χ1n) is 5.65. The average Bonchev–Trinajstić information content (AvgIpc) is 2.71. The zero-order valence-electron chi connectivity index (χ0n) is 9.57. The summed E-state index contributed by atoms with van der Waals surface area (Å²) in [7, 11) is 0. The number of aliphatic hydroxyl groups excluding tert-OH is 1. The largest absolute Gasteiger partial charge is 0.493 e. The highest BCUT2D eigenvalue weighted by Crippen LogP contribution is 2.32. The standard InChI is InChI=1S/C12H14F3NO2/c13-12(14,15)11(17)6-16-5-8-7-18-10-4-2-1-3-9(8)10/h1-4,8,11,16-17H,5-7H2. The topological polar surface area (TPSA) is 41.5 Å². The van der Waals surface area contributed by atoms with E-state index in [1.54, 1.807) is 0 Å². The molecule has 0 radical (unpaired) electrons. The van der Waals surface area contributed by atoms with Crippen LogP contribution in [-0.4, -0.2) is 37.1 Å². The Bertz CT molecular complexity index is 409. The highest BCUT2D eigenvalue weighted by Gasteiger charge is 2.37. The minimum atomic E-state index is -4.57. The number of para-hydroxylation sites is 1. The Labute approximate surface area is 103 Å². The van der Waals surface area contributed by atoms with Gasteiger partial charge in [-0.1, -0.05) is 18.2 Å². The molecule has 2 rings (SSSR count). The molecule has 0 aromatic heterocycles. The lowest BCUT2D eigenvalue weighted by molar-refractivity contribution is -0.201. The molecule has 0 fully saturated rings. The molecule has 1 heterocycles. The fourth-order valence-corrected chi connectivity index (χ4v) is 1.91. The van der Waals surface area contributed by atoms with E-state index < -0.39 is 18.8 Å². The molecule has 1 aromatic carbocycles. The second-order valence-electron chi connectivity index (χ2n) is 4.26. The lowest BCUT2D eigenvalue weighted by Gasteiger charge is -2.16. The van der Waals surface area contributed by atoms with Crippen molar-refractivity contribution in [2.75, 3.05) is 19.7 Å². The van der Waals surface area contributed by atoms with Gasteiger partial charge in [0.1, 0.15) is 5.75 Å². The number of halogens is 3. The van der Waals surface area contributed by atoms with E-state index >= 15 is 0 Å². The fourth-order valence-electron chi connectivity index (χ4n) is 1.91. The molecule has 18 heavy (non-hydrogen) atoms. The van der Waals surface area contributed by atoms with Crippen molar-refractivity contribution >= 4 is 0 Å². The van der Waals surface area contributed by atoms with Gasteiger partial charge < -0.3 is 15.2 Å². The van der Waals surface area contributed by atoms with Gasteiger partial charge in [-0.3, -0.25) is 0 Å². The Morgan fingerprint density at radius 1 is 1.39 bits per heavy atom. The predicted octanol–water partition coefficient (Wildman–Crippen LogP) is 1.68. The molecule has 2 unspecified atom stereocenters. The molecule has 100 valence electrons. The summed E-state index contributed by atoms with van der Waals surface area (Å²) in [5, 5.41) is 11.5. The van der Waals surface area contributed by atoms with Gasteiger partial charge in [-0.25, -0.2) is 0 Å². The van der Waals surface area contributed by atoms with Crippen LogP contribution in [0.2, 0.25) is 0 Å². The van der Waals surface area contributed by atoms with Crippen LogP contribution in [0.3, 0.4) is 0 Å². The third-order valence-corrected chi connectivity index (χ3v) is 2.91. The Hall–Kier alpha value is -1.27. The summed E-state index contributed by atoms with van der Waals surface area (Å²) in [5.41, 5.74) is 0.992. The van der Waals surface area contributed by atoms with Gasteiger partial charge in [0.25, 0.3) is 0 Å². The molecule has 0 aliphatic carbocycles. The monoisotopic (exact) mass is 261 g/mol. The number of hydrogen-bond donors (Lipinski definition) is 2. The van der Waals surface area contributed by atoms with E-state index in [4.69, 9.17) is 9.84 Å². The lowest BCUT2D eigenvalue weighted by Crippen LogP contribution is -2.39. The molecule has 0 saturated carbocycles.